The summed E-state index contributed by atoms with van der Waals surface area (Å²) in [5, 5.41) is 4.68. The highest BCUT2D eigenvalue weighted by molar-refractivity contribution is 5.96. The fraction of sp³-hybridized carbons (Fsp3) is 0.280. The highest BCUT2D eigenvalue weighted by Gasteiger charge is 2.43. The second-order valence-corrected chi connectivity index (χ2v) is 8.86. The van der Waals surface area contributed by atoms with Gasteiger partial charge in [0.25, 0.3) is 5.91 Å². The highest BCUT2D eigenvalue weighted by atomic mass is 19.2. The van der Waals surface area contributed by atoms with E-state index in [2.05, 4.69) is 5.10 Å². The summed E-state index contributed by atoms with van der Waals surface area (Å²) in [5.74, 6) is -3.98. The van der Waals surface area contributed by atoms with Gasteiger partial charge in [-0.15, -0.1) is 0 Å². The van der Waals surface area contributed by atoms with Gasteiger partial charge in [0.2, 0.25) is 0 Å². The molecule has 6 rings (SSSR count). The third-order valence-electron chi connectivity index (χ3n) is 6.94. The average Bonchev–Trinajstić information content (AvgIpc) is 3.39. The van der Waals surface area contributed by atoms with Crippen molar-refractivity contribution in [1.82, 2.24) is 19.1 Å². The molecule has 0 spiro atoms. The Morgan fingerprint density at radius 3 is 2.64 bits per heavy atom. The quantitative estimate of drug-likeness (QED) is 0.401. The number of nitrogens with zero attached hydrogens (tertiary/aromatic N) is 4. The Bertz CT molecular complexity index is 1400. The summed E-state index contributed by atoms with van der Waals surface area (Å²) < 4.78 is 45.0. The number of hydrogen-bond acceptors (Lipinski definition) is 2. The fourth-order valence-corrected chi connectivity index (χ4v) is 5.52. The Labute approximate surface area is 188 Å². The molecule has 5 heterocycles. The molecule has 2 aliphatic heterocycles. The number of carbonyl (C=O) groups is 1. The summed E-state index contributed by atoms with van der Waals surface area (Å²) in [5.41, 5.74) is 4.03. The number of rotatable bonds is 2. The van der Waals surface area contributed by atoms with Gasteiger partial charge in [-0.2, -0.15) is 5.10 Å². The van der Waals surface area contributed by atoms with Crippen LogP contribution in [0.2, 0.25) is 0 Å². The van der Waals surface area contributed by atoms with Crippen LogP contribution in [0.1, 0.15) is 46.9 Å². The molecule has 0 saturated carbocycles. The van der Waals surface area contributed by atoms with Crippen LogP contribution in [0.25, 0.3) is 16.8 Å². The predicted molar refractivity (Wildman–Crippen MR) is 116 cm³/mol. The zero-order chi connectivity index (χ0) is 22.9. The predicted octanol–water partition coefficient (Wildman–Crippen LogP) is 5.05. The minimum absolute atomic E-state index is 0.0369. The molecular formula is C25H21F3N4O. The number of fused-ring (bicyclic) bond motifs is 5. The average molecular weight is 450 g/mol. The van der Waals surface area contributed by atoms with Crippen molar-refractivity contribution in [3.63, 3.8) is 0 Å². The SMILES string of the molecule is Cn1nc2c(c1-c1cc(F)c(F)c(F)c1)CC1CCCC2N1C(=O)c1ccn2cccc2c1. The summed E-state index contributed by atoms with van der Waals surface area (Å²) in [6.45, 7) is 0. The molecule has 1 fully saturated rings. The molecule has 2 bridgehead atoms. The summed E-state index contributed by atoms with van der Waals surface area (Å²) >= 11 is 0. The van der Waals surface area contributed by atoms with E-state index >= 15 is 0 Å². The minimum Gasteiger partial charge on any atom is -0.327 e. The topological polar surface area (TPSA) is 42.5 Å². The number of benzene rings is 1. The van der Waals surface area contributed by atoms with Gasteiger partial charge >= 0.3 is 0 Å². The Balaban J connectivity index is 1.43. The van der Waals surface area contributed by atoms with E-state index in [1.54, 1.807) is 11.7 Å². The van der Waals surface area contributed by atoms with E-state index in [0.717, 1.165) is 48.2 Å². The van der Waals surface area contributed by atoms with Crippen molar-refractivity contribution in [1.29, 1.82) is 0 Å². The first-order chi connectivity index (χ1) is 15.9. The molecule has 0 aliphatic carbocycles. The van der Waals surface area contributed by atoms with Crippen molar-refractivity contribution >= 4 is 11.4 Å². The molecule has 3 aromatic heterocycles. The van der Waals surface area contributed by atoms with Gasteiger partial charge < -0.3 is 9.30 Å². The van der Waals surface area contributed by atoms with Crippen molar-refractivity contribution in [2.75, 3.05) is 0 Å². The molecule has 1 aromatic carbocycles. The van der Waals surface area contributed by atoms with Gasteiger partial charge in [-0.05, 0) is 62.1 Å². The van der Waals surface area contributed by atoms with Crippen molar-refractivity contribution < 1.29 is 18.0 Å². The first-order valence-electron chi connectivity index (χ1n) is 11.0. The zero-order valence-corrected chi connectivity index (χ0v) is 17.9. The maximum absolute atomic E-state index is 14.0. The number of aromatic nitrogens is 3. The lowest BCUT2D eigenvalue weighted by atomic mass is 9.81. The lowest BCUT2D eigenvalue weighted by Crippen LogP contribution is -2.49. The number of piperidine rings is 1. The van der Waals surface area contributed by atoms with Crippen LogP contribution in [0.4, 0.5) is 13.2 Å². The van der Waals surface area contributed by atoms with E-state index in [9.17, 15) is 18.0 Å². The van der Waals surface area contributed by atoms with Crippen LogP contribution in [0.5, 0.6) is 0 Å². The van der Waals surface area contributed by atoms with Crippen molar-refractivity contribution in [3.05, 3.63) is 83.1 Å². The number of aryl methyl sites for hydroxylation is 1. The molecule has 1 amide bonds. The van der Waals surface area contributed by atoms with Crippen LogP contribution in [-0.2, 0) is 13.5 Å². The van der Waals surface area contributed by atoms with E-state index < -0.39 is 17.5 Å². The van der Waals surface area contributed by atoms with Gasteiger partial charge in [-0.1, -0.05) is 0 Å². The third-order valence-corrected chi connectivity index (χ3v) is 6.94. The van der Waals surface area contributed by atoms with Crippen LogP contribution in [-0.4, -0.2) is 31.0 Å². The highest BCUT2D eigenvalue weighted by Crippen LogP contribution is 2.45. The van der Waals surface area contributed by atoms with Gasteiger partial charge in [-0.3, -0.25) is 9.48 Å². The second kappa shape index (κ2) is 7.23. The van der Waals surface area contributed by atoms with Crippen LogP contribution >= 0.6 is 0 Å². The van der Waals surface area contributed by atoms with Gasteiger partial charge in [0.15, 0.2) is 17.5 Å². The Morgan fingerprint density at radius 1 is 1.06 bits per heavy atom. The van der Waals surface area contributed by atoms with Gasteiger partial charge in [0.1, 0.15) is 0 Å². The molecular weight excluding hydrogens is 429 g/mol. The largest absolute Gasteiger partial charge is 0.327 e. The Hall–Kier alpha value is -3.55. The maximum Gasteiger partial charge on any atom is 0.254 e. The van der Waals surface area contributed by atoms with Crippen LogP contribution in [0.3, 0.4) is 0 Å². The minimum atomic E-state index is -1.48. The third kappa shape index (κ3) is 3.00. The molecule has 2 unspecified atom stereocenters. The standard InChI is InChI=1S/C25H21F3N4O/c1-30-24(15-11-19(26)22(28)20(27)12-15)18-13-17-4-2-6-21(23(18)29-30)32(17)25(33)14-7-9-31-8-3-5-16(31)10-14/h3,5,7-12,17,21H,2,4,6,13H2,1H3. The van der Waals surface area contributed by atoms with E-state index in [4.69, 9.17) is 0 Å². The van der Waals surface area contributed by atoms with Gasteiger partial charge in [0.05, 0.1) is 17.4 Å². The summed E-state index contributed by atoms with van der Waals surface area (Å²) in [7, 11) is 1.71. The number of carbonyl (C=O) groups excluding carboxylic acids is 1. The van der Waals surface area contributed by atoms with E-state index in [1.165, 1.54) is 0 Å². The molecule has 2 aliphatic rings. The van der Waals surface area contributed by atoms with Crippen molar-refractivity contribution in [2.45, 2.75) is 37.8 Å². The molecule has 5 nitrogen and oxygen atoms in total. The molecule has 0 radical (unpaired) electrons. The number of pyridine rings is 1. The summed E-state index contributed by atoms with van der Waals surface area (Å²) in [4.78, 5) is 15.6. The number of hydrogen-bond donors (Lipinski definition) is 0. The second-order valence-electron chi connectivity index (χ2n) is 8.86. The summed E-state index contributed by atoms with van der Waals surface area (Å²) in [6, 6.07) is 9.38. The molecule has 8 heteroatoms. The molecule has 2 atom stereocenters. The van der Waals surface area contributed by atoms with Gasteiger partial charge in [0, 0.05) is 47.7 Å². The monoisotopic (exact) mass is 450 g/mol. The first-order valence-corrected chi connectivity index (χ1v) is 11.0. The van der Waals surface area contributed by atoms with Crippen molar-refractivity contribution in [3.8, 4) is 11.3 Å². The van der Waals surface area contributed by atoms with E-state index in [0.29, 0.717) is 17.7 Å². The van der Waals surface area contributed by atoms with Gasteiger partial charge in [-0.25, -0.2) is 13.2 Å². The fourth-order valence-electron chi connectivity index (χ4n) is 5.52. The van der Waals surface area contributed by atoms with Crippen LogP contribution < -0.4 is 0 Å². The molecule has 33 heavy (non-hydrogen) atoms. The van der Waals surface area contributed by atoms with E-state index in [1.807, 2.05) is 46.0 Å². The Morgan fingerprint density at radius 2 is 1.85 bits per heavy atom. The van der Waals surface area contributed by atoms with E-state index in [-0.39, 0.29) is 23.6 Å². The smallest absolute Gasteiger partial charge is 0.254 e. The number of halogens is 3. The van der Waals surface area contributed by atoms with Crippen molar-refractivity contribution in [2.24, 2.45) is 7.05 Å². The lowest BCUT2D eigenvalue weighted by molar-refractivity contribution is 0.0392. The van der Waals surface area contributed by atoms with Crippen LogP contribution in [0.15, 0.2) is 48.8 Å². The molecule has 1 saturated heterocycles. The number of amides is 1. The molecule has 0 N–H and O–H groups in total. The Kier molecular flexibility index (Phi) is 4.40. The first kappa shape index (κ1) is 20.1. The zero-order valence-electron chi connectivity index (χ0n) is 17.9. The normalized spacial score (nSPS) is 19.7. The lowest BCUT2D eigenvalue weighted by Gasteiger charge is -2.45. The van der Waals surface area contributed by atoms with Crippen LogP contribution in [0, 0.1) is 17.5 Å². The molecule has 168 valence electrons. The molecule has 4 aromatic rings. The summed E-state index contributed by atoms with van der Waals surface area (Å²) in [6.07, 6.45) is 6.93. The maximum atomic E-state index is 14.0.